The molecule has 0 spiro atoms. The fourth-order valence-corrected chi connectivity index (χ4v) is 5.59. The number of fused-ring (bicyclic) bond motifs is 1. The molecule has 0 bridgehead atoms. The molecule has 10 heteroatoms. The fourth-order valence-electron chi connectivity index (χ4n) is 2.89. The maximum Gasteiger partial charge on any atom is 0.277 e. The van der Waals surface area contributed by atoms with Gasteiger partial charge in [0.05, 0.1) is 11.1 Å². The van der Waals surface area contributed by atoms with Crippen molar-refractivity contribution >= 4 is 48.9 Å². The van der Waals surface area contributed by atoms with Gasteiger partial charge in [-0.2, -0.15) is 8.42 Å². The summed E-state index contributed by atoms with van der Waals surface area (Å²) in [6.45, 7) is 0. The van der Waals surface area contributed by atoms with Gasteiger partial charge in [0, 0.05) is 23.2 Å². The van der Waals surface area contributed by atoms with Crippen molar-refractivity contribution in [2.45, 2.75) is 4.21 Å². The Morgan fingerprint density at radius 2 is 1.57 bits per heavy atom. The van der Waals surface area contributed by atoms with Gasteiger partial charge in [0.2, 0.25) is 0 Å². The summed E-state index contributed by atoms with van der Waals surface area (Å²) in [5, 5.41) is 3.75. The summed E-state index contributed by atoms with van der Waals surface area (Å²) < 4.78 is 40.8. The van der Waals surface area contributed by atoms with Crippen molar-refractivity contribution < 1.29 is 22.4 Å². The Hall–Kier alpha value is -3.50. The van der Waals surface area contributed by atoms with Crippen LogP contribution < -0.4 is 11.1 Å². The summed E-state index contributed by atoms with van der Waals surface area (Å²) in [5.41, 5.74) is 4.93. The average molecular weight is 443 g/mol. The van der Waals surface area contributed by atoms with E-state index in [2.05, 4.69) is 5.32 Å². The van der Waals surface area contributed by atoms with E-state index in [0.29, 0.717) is 11.3 Å². The van der Waals surface area contributed by atoms with E-state index in [4.69, 9.17) is 5.73 Å². The number of nitrogens with two attached hydrogens (primary N) is 1. The molecular formula is C20H14FN3O4S2. The number of benzene rings is 2. The van der Waals surface area contributed by atoms with Gasteiger partial charge in [-0.05, 0) is 18.2 Å². The highest BCUT2D eigenvalue weighted by Crippen LogP contribution is 2.33. The van der Waals surface area contributed by atoms with Gasteiger partial charge >= 0.3 is 0 Å². The van der Waals surface area contributed by atoms with Crippen molar-refractivity contribution in [3.8, 4) is 0 Å². The molecule has 30 heavy (non-hydrogen) atoms. The molecule has 0 fully saturated rings. The van der Waals surface area contributed by atoms with E-state index in [-0.39, 0.29) is 20.3 Å². The van der Waals surface area contributed by atoms with E-state index >= 15 is 0 Å². The fraction of sp³-hybridized carbons (Fsp3) is 0. The second-order valence-corrected chi connectivity index (χ2v) is 9.45. The smallest absolute Gasteiger partial charge is 0.277 e. The monoisotopic (exact) mass is 443 g/mol. The molecule has 4 aromatic rings. The number of rotatable bonds is 5. The average Bonchev–Trinajstić information content (AvgIpc) is 3.33. The highest BCUT2D eigenvalue weighted by atomic mass is 32.2. The Morgan fingerprint density at radius 1 is 0.967 bits per heavy atom. The van der Waals surface area contributed by atoms with Crippen LogP contribution >= 0.6 is 11.3 Å². The summed E-state index contributed by atoms with van der Waals surface area (Å²) in [4.78, 5) is 24.2. The maximum atomic E-state index is 13.9. The van der Waals surface area contributed by atoms with Gasteiger partial charge in [0.25, 0.3) is 21.8 Å². The molecule has 0 aliphatic heterocycles. The predicted molar refractivity (Wildman–Crippen MR) is 112 cm³/mol. The molecule has 2 aromatic carbocycles. The first-order chi connectivity index (χ1) is 14.3. The number of anilines is 1. The number of thiophene rings is 1. The first-order valence-corrected chi connectivity index (χ1v) is 10.8. The van der Waals surface area contributed by atoms with Crippen molar-refractivity contribution in [3.63, 3.8) is 0 Å². The van der Waals surface area contributed by atoms with E-state index in [1.165, 1.54) is 30.6 Å². The second kappa shape index (κ2) is 7.39. The van der Waals surface area contributed by atoms with Gasteiger partial charge in [-0.3, -0.25) is 9.59 Å². The van der Waals surface area contributed by atoms with Gasteiger partial charge in [-0.1, -0.05) is 36.4 Å². The van der Waals surface area contributed by atoms with Crippen LogP contribution in [0.3, 0.4) is 0 Å². The number of halogens is 1. The molecule has 0 saturated heterocycles. The Labute approximate surface area is 174 Å². The number of carbonyl (C=O) groups excluding carboxylic acids is 2. The van der Waals surface area contributed by atoms with Gasteiger partial charge in [-0.15, -0.1) is 11.3 Å². The molecule has 2 aromatic heterocycles. The molecular weight excluding hydrogens is 429 g/mol. The standard InChI is InChI=1S/C20H14FN3O4S2/c21-16-8-4-3-7-14(16)19(26)23-20-15(18(22)25)9-17(29-20)30(27,28)24-10-12-5-1-2-6-13(12)11-24/h1-11H,(H2,22,25)(H,23,26). The van der Waals surface area contributed by atoms with Crippen molar-refractivity contribution in [3.05, 3.63) is 83.9 Å². The summed E-state index contributed by atoms with van der Waals surface area (Å²) in [7, 11) is -4.04. The topological polar surface area (TPSA) is 111 Å². The zero-order chi connectivity index (χ0) is 21.5. The molecule has 152 valence electrons. The van der Waals surface area contributed by atoms with Crippen molar-refractivity contribution in [2.75, 3.05) is 5.32 Å². The number of nitrogens with one attached hydrogen (secondary N) is 1. The lowest BCUT2D eigenvalue weighted by Gasteiger charge is -2.05. The lowest BCUT2D eigenvalue weighted by Crippen LogP contribution is -2.17. The van der Waals surface area contributed by atoms with E-state index < -0.39 is 27.7 Å². The van der Waals surface area contributed by atoms with Crippen LogP contribution in [-0.4, -0.2) is 24.2 Å². The van der Waals surface area contributed by atoms with Crippen LogP contribution in [0.4, 0.5) is 9.39 Å². The number of aromatic nitrogens is 1. The summed E-state index contributed by atoms with van der Waals surface area (Å²) in [6.07, 6.45) is 2.90. The minimum Gasteiger partial charge on any atom is -0.366 e. The summed E-state index contributed by atoms with van der Waals surface area (Å²) in [6, 6.07) is 13.5. The molecule has 0 unspecified atom stereocenters. The third-order valence-corrected chi connectivity index (χ3v) is 7.50. The largest absolute Gasteiger partial charge is 0.366 e. The number of primary amides is 1. The highest BCUT2D eigenvalue weighted by Gasteiger charge is 2.26. The molecule has 0 aliphatic carbocycles. The number of amides is 2. The summed E-state index contributed by atoms with van der Waals surface area (Å²) >= 11 is 0.664. The third-order valence-electron chi connectivity index (χ3n) is 4.38. The lowest BCUT2D eigenvalue weighted by molar-refractivity contribution is 0.100. The highest BCUT2D eigenvalue weighted by molar-refractivity contribution is 7.92. The third kappa shape index (κ3) is 3.46. The summed E-state index contributed by atoms with van der Waals surface area (Å²) in [5.74, 6) is -2.50. The Balaban J connectivity index is 1.74. The van der Waals surface area contributed by atoms with E-state index in [0.717, 1.165) is 26.9 Å². The number of hydrogen-bond acceptors (Lipinski definition) is 5. The van der Waals surface area contributed by atoms with Crippen LogP contribution in [0.5, 0.6) is 0 Å². The molecule has 2 heterocycles. The van der Waals surface area contributed by atoms with Crippen LogP contribution in [0.15, 0.2) is 71.2 Å². The van der Waals surface area contributed by atoms with Crippen LogP contribution in [0.25, 0.3) is 10.8 Å². The second-order valence-electron chi connectivity index (χ2n) is 6.33. The quantitative estimate of drug-likeness (QED) is 0.492. The Kier molecular flexibility index (Phi) is 4.88. The van der Waals surface area contributed by atoms with Crippen molar-refractivity contribution in [1.29, 1.82) is 0 Å². The molecule has 7 nitrogen and oxygen atoms in total. The van der Waals surface area contributed by atoms with Gasteiger partial charge in [-0.25, -0.2) is 8.36 Å². The Bertz CT molecular complexity index is 1370. The SMILES string of the molecule is NC(=O)c1cc(S(=O)(=O)n2cc3ccccc3c2)sc1NC(=O)c1ccccc1F. The van der Waals surface area contributed by atoms with Crippen LogP contribution in [0.1, 0.15) is 20.7 Å². The molecule has 3 N–H and O–H groups in total. The molecule has 2 amide bonds. The minimum absolute atomic E-state index is 0.0777. The molecule has 0 radical (unpaired) electrons. The van der Waals surface area contributed by atoms with Gasteiger partial charge < -0.3 is 11.1 Å². The predicted octanol–water partition coefficient (Wildman–Crippen LogP) is 3.43. The molecule has 0 atom stereocenters. The maximum absolute atomic E-state index is 13.9. The zero-order valence-electron chi connectivity index (χ0n) is 15.2. The lowest BCUT2D eigenvalue weighted by atomic mass is 10.2. The first-order valence-electron chi connectivity index (χ1n) is 8.59. The number of carbonyl (C=O) groups is 2. The normalized spacial score (nSPS) is 11.5. The van der Waals surface area contributed by atoms with Gasteiger partial charge in [0.1, 0.15) is 15.0 Å². The van der Waals surface area contributed by atoms with Crippen LogP contribution in [-0.2, 0) is 10.0 Å². The van der Waals surface area contributed by atoms with Crippen LogP contribution in [0, 0.1) is 5.82 Å². The molecule has 0 aliphatic rings. The first kappa shape index (κ1) is 19.8. The molecule has 4 rings (SSSR count). The van der Waals surface area contributed by atoms with Gasteiger partial charge in [0.15, 0.2) is 0 Å². The molecule has 0 saturated carbocycles. The van der Waals surface area contributed by atoms with Crippen LogP contribution in [0.2, 0.25) is 0 Å². The number of hydrogen-bond donors (Lipinski definition) is 2. The van der Waals surface area contributed by atoms with Crippen molar-refractivity contribution in [2.24, 2.45) is 5.73 Å². The Morgan fingerprint density at radius 3 is 2.17 bits per heavy atom. The van der Waals surface area contributed by atoms with E-state index in [1.54, 1.807) is 24.3 Å². The minimum atomic E-state index is -4.04. The van der Waals surface area contributed by atoms with Crippen molar-refractivity contribution in [1.82, 2.24) is 3.97 Å². The van der Waals surface area contributed by atoms with E-state index in [1.807, 2.05) is 0 Å². The number of nitrogens with zero attached hydrogens (tertiary/aromatic N) is 1. The van der Waals surface area contributed by atoms with E-state index in [9.17, 15) is 22.4 Å². The zero-order valence-corrected chi connectivity index (χ0v) is 16.8.